The topological polar surface area (TPSA) is 48.1 Å². The molecule has 0 aliphatic carbocycles. The maximum Gasteiger partial charge on any atom is 0.461 e. The third-order valence-electron chi connectivity index (χ3n) is 4.40. The van der Waals surface area contributed by atoms with E-state index in [0.29, 0.717) is 11.1 Å². The monoisotopic (exact) mass is 442 g/mol. The second-order valence-electron chi connectivity index (χ2n) is 6.64. The summed E-state index contributed by atoms with van der Waals surface area (Å²) in [4.78, 5) is 4.20. The number of nitrogens with zero attached hydrogens (tertiary/aromatic N) is 1. The number of alkyl halides is 4. The summed E-state index contributed by atoms with van der Waals surface area (Å²) < 4.78 is 70.0. The van der Waals surface area contributed by atoms with Crippen molar-refractivity contribution in [1.82, 2.24) is 4.98 Å². The van der Waals surface area contributed by atoms with Crippen molar-refractivity contribution in [1.29, 1.82) is 0 Å². The van der Waals surface area contributed by atoms with Gasteiger partial charge in [0.15, 0.2) is 0 Å². The first kappa shape index (κ1) is 22.0. The number of nitrogens with two attached hydrogens (primary N) is 1. The molecule has 0 bridgehead atoms. The molecule has 0 aliphatic rings. The lowest BCUT2D eigenvalue weighted by atomic mass is 9.81. The molecule has 0 aliphatic heterocycles. The average molecular weight is 443 g/mol. The van der Waals surface area contributed by atoms with Crippen LogP contribution in [0.3, 0.4) is 0 Å². The van der Waals surface area contributed by atoms with Crippen molar-refractivity contribution in [2.75, 3.05) is 0 Å². The van der Waals surface area contributed by atoms with Crippen molar-refractivity contribution in [3.05, 3.63) is 94.5 Å². The number of hydrogen-bond acceptors (Lipinski definition) is 3. The molecule has 9 heteroatoms. The van der Waals surface area contributed by atoms with Crippen LogP contribution in [0.2, 0.25) is 5.02 Å². The fourth-order valence-electron chi connectivity index (χ4n) is 2.98. The maximum atomic E-state index is 14.2. The third kappa shape index (κ3) is 4.88. The first-order valence-corrected chi connectivity index (χ1v) is 9.09. The fraction of sp³-hybridized carbons (Fsp3) is 0.190. The Labute approximate surface area is 174 Å². The second kappa shape index (κ2) is 8.57. The summed E-state index contributed by atoms with van der Waals surface area (Å²) >= 11 is 5.88. The lowest BCUT2D eigenvalue weighted by Gasteiger charge is -2.30. The molecule has 1 atom stereocenters. The smallest absolute Gasteiger partial charge is 0.428 e. The SMILES string of the molecule is N[C@@](Cc1ccccc1)(c1cc(F)cc(OC(F)(F)C(F)F)c1)c1ccc(Cl)cn1. The Hall–Kier alpha value is -2.71. The summed E-state index contributed by atoms with van der Waals surface area (Å²) in [5.74, 6) is -1.77. The normalized spacial score (nSPS) is 13.9. The molecule has 3 rings (SSSR count). The largest absolute Gasteiger partial charge is 0.461 e. The van der Waals surface area contributed by atoms with E-state index in [9.17, 15) is 22.0 Å². The minimum Gasteiger partial charge on any atom is -0.428 e. The van der Waals surface area contributed by atoms with Crippen molar-refractivity contribution in [3.63, 3.8) is 0 Å². The van der Waals surface area contributed by atoms with Gasteiger partial charge in [-0.2, -0.15) is 17.6 Å². The van der Waals surface area contributed by atoms with Crippen LogP contribution >= 0.6 is 11.6 Å². The molecular formula is C21H16ClF5N2O. The van der Waals surface area contributed by atoms with Crippen LogP contribution < -0.4 is 10.5 Å². The first-order chi connectivity index (χ1) is 14.1. The van der Waals surface area contributed by atoms with Gasteiger partial charge in [0.2, 0.25) is 0 Å². The number of halogens is 6. The van der Waals surface area contributed by atoms with Gasteiger partial charge in [0.05, 0.1) is 16.3 Å². The van der Waals surface area contributed by atoms with Crippen LogP contribution in [0, 0.1) is 5.82 Å². The summed E-state index contributed by atoms with van der Waals surface area (Å²) in [6.07, 6.45) is -7.43. The molecule has 0 amide bonds. The van der Waals surface area contributed by atoms with E-state index in [2.05, 4.69) is 9.72 Å². The van der Waals surface area contributed by atoms with Crippen LogP contribution in [0.25, 0.3) is 0 Å². The van der Waals surface area contributed by atoms with Crippen molar-refractivity contribution in [2.24, 2.45) is 5.73 Å². The lowest BCUT2D eigenvalue weighted by Crippen LogP contribution is -2.41. The van der Waals surface area contributed by atoms with Crippen LogP contribution in [0.1, 0.15) is 16.8 Å². The van der Waals surface area contributed by atoms with Gasteiger partial charge in [0.25, 0.3) is 0 Å². The molecule has 1 heterocycles. The zero-order chi connectivity index (χ0) is 21.9. The molecule has 3 aromatic rings. The van der Waals surface area contributed by atoms with E-state index in [1.54, 1.807) is 30.3 Å². The fourth-order valence-corrected chi connectivity index (χ4v) is 3.09. The summed E-state index contributed by atoms with van der Waals surface area (Å²) in [5.41, 5.74) is 6.16. The Bertz CT molecular complexity index is 1000. The number of aromatic nitrogens is 1. The Kier molecular flexibility index (Phi) is 6.28. The first-order valence-electron chi connectivity index (χ1n) is 8.71. The van der Waals surface area contributed by atoms with E-state index < -0.39 is 29.6 Å². The van der Waals surface area contributed by atoms with Crippen LogP contribution in [0.15, 0.2) is 66.9 Å². The van der Waals surface area contributed by atoms with E-state index >= 15 is 0 Å². The van der Waals surface area contributed by atoms with Gasteiger partial charge in [0, 0.05) is 18.7 Å². The van der Waals surface area contributed by atoms with Gasteiger partial charge < -0.3 is 10.5 Å². The number of ether oxygens (including phenoxy) is 1. The Morgan fingerprint density at radius 3 is 2.33 bits per heavy atom. The average Bonchev–Trinajstić information content (AvgIpc) is 2.68. The summed E-state index contributed by atoms with van der Waals surface area (Å²) in [6.45, 7) is 0. The molecular weight excluding hydrogens is 427 g/mol. The van der Waals surface area contributed by atoms with Gasteiger partial charge in [-0.3, -0.25) is 4.98 Å². The van der Waals surface area contributed by atoms with E-state index in [4.69, 9.17) is 17.3 Å². The lowest BCUT2D eigenvalue weighted by molar-refractivity contribution is -0.253. The zero-order valence-corrected chi connectivity index (χ0v) is 16.1. The number of pyridine rings is 1. The third-order valence-corrected chi connectivity index (χ3v) is 4.63. The van der Waals surface area contributed by atoms with Gasteiger partial charge >= 0.3 is 12.5 Å². The maximum absolute atomic E-state index is 14.2. The number of benzene rings is 2. The molecule has 0 radical (unpaired) electrons. The van der Waals surface area contributed by atoms with Crippen molar-refractivity contribution in [2.45, 2.75) is 24.5 Å². The molecule has 3 nitrogen and oxygen atoms in total. The molecule has 30 heavy (non-hydrogen) atoms. The van der Waals surface area contributed by atoms with E-state index in [1.165, 1.54) is 18.3 Å². The Morgan fingerprint density at radius 2 is 1.73 bits per heavy atom. The summed E-state index contributed by atoms with van der Waals surface area (Å²) in [6, 6.07) is 14.5. The van der Waals surface area contributed by atoms with Crippen LogP contribution in [0.4, 0.5) is 22.0 Å². The molecule has 158 valence electrons. The van der Waals surface area contributed by atoms with Crippen LogP contribution in [-0.4, -0.2) is 17.5 Å². The van der Waals surface area contributed by atoms with Gasteiger partial charge in [-0.15, -0.1) is 0 Å². The minimum absolute atomic E-state index is 0.0150. The molecule has 0 spiro atoms. The standard InChI is InChI=1S/C21H16ClF5N2O/c22-15-6-7-18(29-12-15)20(28,11-13-4-2-1-3-5-13)14-8-16(23)10-17(9-14)30-21(26,27)19(24)25/h1-10,12,19H,11,28H2/t20-/m0/s1. The highest BCUT2D eigenvalue weighted by molar-refractivity contribution is 6.30. The van der Waals surface area contributed by atoms with Crippen molar-refractivity contribution in [3.8, 4) is 5.75 Å². The quantitative estimate of drug-likeness (QED) is 0.488. The minimum atomic E-state index is -4.79. The molecule has 2 N–H and O–H groups in total. The van der Waals surface area contributed by atoms with E-state index in [-0.39, 0.29) is 17.7 Å². The molecule has 0 saturated heterocycles. The van der Waals surface area contributed by atoms with Crippen molar-refractivity contribution < 1.29 is 26.7 Å². The van der Waals surface area contributed by atoms with Gasteiger partial charge in [-0.1, -0.05) is 41.9 Å². The highest BCUT2D eigenvalue weighted by atomic mass is 35.5. The predicted molar refractivity (Wildman–Crippen MR) is 102 cm³/mol. The van der Waals surface area contributed by atoms with Crippen LogP contribution in [0.5, 0.6) is 5.75 Å². The Balaban J connectivity index is 2.10. The summed E-state index contributed by atoms with van der Waals surface area (Å²) in [5, 5.41) is 0.334. The van der Waals surface area contributed by atoms with Crippen molar-refractivity contribution >= 4 is 11.6 Å². The summed E-state index contributed by atoms with van der Waals surface area (Å²) in [7, 11) is 0. The van der Waals surface area contributed by atoms with Gasteiger partial charge in [-0.05, 0) is 35.4 Å². The van der Waals surface area contributed by atoms with Crippen LogP contribution in [-0.2, 0) is 12.0 Å². The van der Waals surface area contributed by atoms with Gasteiger partial charge in [-0.25, -0.2) is 4.39 Å². The number of rotatable bonds is 7. The Morgan fingerprint density at radius 1 is 1.03 bits per heavy atom. The molecule has 0 saturated carbocycles. The molecule has 2 aromatic carbocycles. The van der Waals surface area contributed by atoms with Gasteiger partial charge in [0.1, 0.15) is 11.6 Å². The predicted octanol–water partition coefficient (Wildman–Crippen LogP) is 5.56. The number of hydrogen-bond donors (Lipinski definition) is 1. The molecule has 0 fully saturated rings. The second-order valence-corrected chi connectivity index (χ2v) is 7.07. The molecule has 0 unspecified atom stereocenters. The molecule has 1 aromatic heterocycles. The zero-order valence-electron chi connectivity index (χ0n) is 15.3. The highest BCUT2D eigenvalue weighted by Gasteiger charge is 2.44. The van der Waals surface area contributed by atoms with E-state index in [1.807, 2.05) is 0 Å². The van der Waals surface area contributed by atoms with E-state index in [0.717, 1.165) is 17.7 Å². The highest BCUT2D eigenvalue weighted by Crippen LogP contribution is 2.35.